The third-order valence-electron chi connectivity index (χ3n) is 4.03. The molecule has 3 aromatic rings. The Labute approximate surface area is 159 Å². The third-order valence-corrected chi connectivity index (χ3v) is 4.03. The first-order chi connectivity index (χ1) is 13.5. The minimum absolute atomic E-state index is 0.157. The Bertz CT molecular complexity index is 1080. The molecule has 3 rings (SSSR count). The second kappa shape index (κ2) is 7.91. The highest BCUT2D eigenvalue weighted by molar-refractivity contribution is 5.83. The van der Waals surface area contributed by atoms with E-state index in [1.807, 2.05) is 0 Å². The maximum Gasteiger partial charge on any atom is 0.341 e. The number of hydrogen-bond donors (Lipinski definition) is 1. The number of fused-ring (bicyclic) bond motifs is 1. The summed E-state index contributed by atoms with van der Waals surface area (Å²) < 4.78 is 26.8. The van der Waals surface area contributed by atoms with Crippen LogP contribution in [0.4, 0.5) is 0 Å². The average molecular weight is 386 g/mol. The molecule has 0 saturated carbocycles. The highest BCUT2D eigenvalue weighted by Gasteiger charge is 2.15. The lowest BCUT2D eigenvalue weighted by Gasteiger charge is -2.12. The lowest BCUT2D eigenvalue weighted by molar-refractivity contribution is -0.139. The van der Waals surface area contributed by atoms with Crippen molar-refractivity contribution in [2.45, 2.75) is 0 Å². The van der Waals surface area contributed by atoms with Crippen molar-refractivity contribution in [2.75, 3.05) is 27.9 Å². The molecule has 1 aromatic heterocycles. The van der Waals surface area contributed by atoms with E-state index in [4.69, 9.17) is 28.5 Å². The van der Waals surface area contributed by atoms with Gasteiger partial charge >= 0.3 is 5.97 Å². The topological polar surface area (TPSA) is 104 Å². The van der Waals surface area contributed by atoms with Gasteiger partial charge in [0.05, 0.1) is 26.7 Å². The highest BCUT2D eigenvalue weighted by atomic mass is 16.5. The molecule has 0 unspecified atom stereocenters. The molecule has 0 fully saturated rings. The van der Waals surface area contributed by atoms with Gasteiger partial charge in [0.15, 0.2) is 35.0 Å². The van der Waals surface area contributed by atoms with E-state index in [1.165, 1.54) is 39.5 Å². The second-order valence-corrected chi connectivity index (χ2v) is 5.73. The van der Waals surface area contributed by atoms with Crippen molar-refractivity contribution in [2.24, 2.45) is 0 Å². The maximum absolute atomic E-state index is 12.6. The summed E-state index contributed by atoms with van der Waals surface area (Å²) in [5.74, 6) is 0.604. The fourth-order valence-corrected chi connectivity index (χ4v) is 2.71. The molecule has 0 aliphatic carbocycles. The van der Waals surface area contributed by atoms with Crippen LogP contribution in [0.2, 0.25) is 0 Å². The second-order valence-electron chi connectivity index (χ2n) is 5.73. The lowest BCUT2D eigenvalue weighted by atomic mass is 10.1. The minimum Gasteiger partial charge on any atom is -0.493 e. The van der Waals surface area contributed by atoms with E-state index in [0.29, 0.717) is 22.8 Å². The highest BCUT2D eigenvalue weighted by Crippen LogP contribution is 2.35. The Hall–Kier alpha value is -3.68. The molecule has 0 bridgehead atoms. The van der Waals surface area contributed by atoms with Gasteiger partial charge in [0.2, 0.25) is 0 Å². The van der Waals surface area contributed by atoms with Crippen LogP contribution < -0.4 is 24.4 Å². The number of hydrogen-bond acceptors (Lipinski definition) is 7. The number of aliphatic carboxylic acids is 1. The molecule has 2 aromatic carbocycles. The molecular weight excluding hydrogens is 368 g/mol. The van der Waals surface area contributed by atoms with E-state index in [-0.39, 0.29) is 27.9 Å². The molecule has 8 nitrogen and oxygen atoms in total. The van der Waals surface area contributed by atoms with Gasteiger partial charge in [0, 0.05) is 17.7 Å². The van der Waals surface area contributed by atoms with Crippen LogP contribution in [-0.2, 0) is 4.79 Å². The molecule has 1 N–H and O–H groups in total. The average Bonchev–Trinajstić information content (AvgIpc) is 2.70. The Morgan fingerprint density at radius 2 is 1.61 bits per heavy atom. The summed E-state index contributed by atoms with van der Waals surface area (Å²) in [5.41, 5.74) is 0.563. The number of benzene rings is 2. The number of methoxy groups -OCH3 is 3. The minimum atomic E-state index is -1.14. The Balaban J connectivity index is 2.13. The molecule has 0 radical (unpaired) electrons. The van der Waals surface area contributed by atoms with E-state index >= 15 is 0 Å². The van der Waals surface area contributed by atoms with Crippen molar-refractivity contribution in [1.82, 2.24) is 0 Å². The van der Waals surface area contributed by atoms with E-state index in [1.54, 1.807) is 18.2 Å². The summed E-state index contributed by atoms with van der Waals surface area (Å²) in [4.78, 5) is 23.4. The predicted molar refractivity (Wildman–Crippen MR) is 101 cm³/mol. The number of rotatable bonds is 7. The molecular formula is C20H18O8. The van der Waals surface area contributed by atoms with Gasteiger partial charge in [0.25, 0.3) is 0 Å². The predicted octanol–water partition coefficient (Wildman–Crippen LogP) is 2.95. The van der Waals surface area contributed by atoms with Crippen molar-refractivity contribution in [3.63, 3.8) is 0 Å². The Morgan fingerprint density at radius 3 is 2.25 bits per heavy atom. The molecule has 0 aliphatic rings. The normalized spacial score (nSPS) is 10.5. The van der Waals surface area contributed by atoms with Gasteiger partial charge < -0.3 is 28.5 Å². The third kappa shape index (κ3) is 3.71. The number of ether oxygens (including phenoxy) is 4. The molecule has 0 amide bonds. The maximum atomic E-state index is 12.6. The van der Waals surface area contributed by atoms with E-state index in [2.05, 4.69) is 0 Å². The van der Waals surface area contributed by atoms with Crippen LogP contribution in [0.25, 0.3) is 22.3 Å². The van der Waals surface area contributed by atoms with Gasteiger partial charge in [-0.25, -0.2) is 4.79 Å². The van der Waals surface area contributed by atoms with Crippen molar-refractivity contribution in [3.05, 3.63) is 46.6 Å². The zero-order chi connectivity index (χ0) is 20.3. The first kappa shape index (κ1) is 19.1. The standard InChI is InChI=1S/C20H18O8/c1-24-14-5-4-11(6-17(14)25-2)15-8-13(21)12-7-18(26-3)19(9-16(12)28-15)27-10-20(22)23/h4-9H,10H2,1-3H3,(H,22,23). The fraction of sp³-hybridized carbons (Fsp3) is 0.200. The summed E-state index contributed by atoms with van der Waals surface area (Å²) in [7, 11) is 4.44. The van der Waals surface area contributed by atoms with Crippen LogP contribution in [0.15, 0.2) is 45.6 Å². The van der Waals surface area contributed by atoms with Crippen molar-refractivity contribution < 1.29 is 33.3 Å². The lowest BCUT2D eigenvalue weighted by Crippen LogP contribution is -2.10. The summed E-state index contributed by atoms with van der Waals surface area (Å²) in [5, 5.41) is 9.10. The number of carboxylic acid groups (broad SMARTS) is 1. The summed E-state index contributed by atoms with van der Waals surface area (Å²) in [6, 6.07) is 9.37. The van der Waals surface area contributed by atoms with Crippen molar-refractivity contribution >= 4 is 16.9 Å². The van der Waals surface area contributed by atoms with Crippen LogP contribution in [0.1, 0.15) is 0 Å². The van der Waals surface area contributed by atoms with Gasteiger partial charge in [-0.2, -0.15) is 0 Å². The monoisotopic (exact) mass is 386 g/mol. The summed E-state index contributed by atoms with van der Waals surface area (Å²) >= 11 is 0. The Morgan fingerprint density at radius 1 is 0.929 bits per heavy atom. The molecule has 1 heterocycles. The van der Waals surface area contributed by atoms with Crippen LogP contribution in [0.3, 0.4) is 0 Å². The zero-order valence-corrected chi connectivity index (χ0v) is 15.5. The smallest absolute Gasteiger partial charge is 0.341 e. The van der Waals surface area contributed by atoms with Gasteiger partial charge in [0.1, 0.15) is 11.3 Å². The quantitative estimate of drug-likeness (QED) is 0.661. The first-order valence-electron chi connectivity index (χ1n) is 8.19. The van der Waals surface area contributed by atoms with Crippen LogP contribution in [0, 0.1) is 0 Å². The van der Waals surface area contributed by atoms with Gasteiger partial charge in [-0.1, -0.05) is 0 Å². The SMILES string of the molecule is COc1ccc(-c2cc(=O)c3cc(OC)c(OCC(=O)O)cc3o2)cc1OC. The van der Waals surface area contributed by atoms with E-state index in [9.17, 15) is 9.59 Å². The van der Waals surface area contributed by atoms with Crippen molar-refractivity contribution in [3.8, 4) is 34.3 Å². The van der Waals surface area contributed by atoms with Crippen molar-refractivity contribution in [1.29, 1.82) is 0 Å². The van der Waals surface area contributed by atoms with Gasteiger partial charge in [-0.3, -0.25) is 4.79 Å². The molecule has 0 aliphatic heterocycles. The van der Waals surface area contributed by atoms with E-state index in [0.717, 1.165) is 0 Å². The number of carboxylic acids is 1. The van der Waals surface area contributed by atoms with E-state index < -0.39 is 12.6 Å². The zero-order valence-electron chi connectivity index (χ0n) is 15.5. The fourth-order valence-electron chi connectivity index (χ4n) is 2.71. The Kier molecular flexibility index (Phi) is 5.39. The summed E-state index contributed by atoms with van der Waals surface area (Å²) in [6.07, 6.45) is 0. The summed E-state index contributed by atoms with van der Waals surface area (Å²) in [6.45, 7) is -0.554. The molecule has 8 heteroatoms. The van der Waals surface area contributed by atoms with Gasteiger partial charge in [-0.05, 0) is 24.3 Å². The molecule has 146 valence electrons. The molecule has 0 saturated heterocycles. The van der Waals surface area contributed by atoms with Crippen LogP contribution in [0.5, 0.6) is 23.0 Å². The molecule has 0 atom stereocenters. The largest absolute Gasteiger partial charge is 0.493 e. The molecule has 0 spiro atoms. The number of carbonyl (C=O) groups is 1. The van der Waals surface area contributed by atoms with Gasteiger partial charge in [-0.15, -0.1) is 0 Å². The first-order valence-corrected chi connectivity index (χ1v) is 8.19. The molecule has 28 heavy (non-hydrogen) atoms. The van der Waals surface area contributed by atoms with Crippen LogP contribution in [-0.4, -0.2) is 39.0 Å². The van der Waals surface area contributed by atoms with Crippen LogP contribution >= 0.6 is 0 Å².